The molecule has 3 heterocycles. The standard InChI is InChI=1S/C12H5ClF3N3OS/c13-10-7(5-20)18-19-9(12(14,15)16)4-6(17-11(10)19)8-2-1-3-21-8/h1-5H. The summed E-state index contributed by atoms with van der Waals surface area (Å²) in [5.74, 6) is 0. The Hall–Kier alpha value is -1.93. The normalized spacial score (nSPS) is 12.0. The van der Waals surface area contributed by atoms with E-state index in [0.717, 1.165) is 6.07 Å². The summed E-state index contributed by atoms with van der Waals surface area (Å²) in [5.41, 5.74) is -1.38. The maximum Gasteiger partial charge on any atom is 0.433 e. The van der Waals surface area contributed by atoms with E-state index in [9.17, 15) is 18.0 Å². The molecule has 0 saturated heterocycles. The number of carbonyl (C=O) groups excluding carboxylic acids is 1. The van der Waals surface area contributed by atoms with Crippen LogP contribution in [0.15, 0.2) is 23.6 Å². The van der Waals surface area contributed by atoms with Gasteiger partial charge in [-0.3, -0.25) is 4.79 Å². The van der Waals surface area contributed by atoms with Gasteiger partial charge in [0.25, 0.3) is 0 Å². The third kappa shape index (κ3) is 2.30. The Labute approximate surface area is 124 Å². The molecular formula is C12H5ClF3N3OS. The van der Waals surface area contributed by atoms with Gasteiger partial charge in [0.2, 0.25) is 0 Å². The van der Waals surface area contributed by atoms with Crippen LogP contribution < -0.4 is 0 Å². The van der Waals surface area contributed by atoms with Gasteiger partial charge in [-0.2, -0.15) is 18.3 Å². The predicted octanol–water partition coefficient (Wildman–Crippen LogP) is 3.94. The second-order valence-electron chi connectivity index (χ2n) is 4.05. The maximum atomic E-state index is 13.2. The summed E-state index contributed by atoms with van der Waals surface area (Å²) in [5, 5.41) is 5.08. The summed E-state index contributed by atoms with van der Waals surface area (Å²) in [6, 6.07) is 4.24. The van der Waals surface area contributed by atoms with Crippen LogP contribution in [0, 0.1) is 0 Å². The Bertz CT molecular complexity index is 826. The number of fused-ring (bicyclic) bond motifs is 1. The maximum absolute atomic E-state index is 13.2. The minimum absolute atomic E-state index is 0.129. The molecule has 108 valence electrons. The van der Waals surface area contributed by atoms with E-state index in [2.05, 4.69) is 10.1 Å². The van der Waals surface area contributed by atoms with Crippen molar-refractivity contribution in [1.82, 2.24) is 14.6 Å². The van der Waals surface area contributed by atoms with E-state index in [1.807, 2.05) is 0 Å². The summed E-state index contributed by atoms with van der Waals surface area (Å²) >= 11 is 7.12. The van der Waals surface area contributed by atoms with Crippen molar-refractivity contribution >= 4 is 34.9 Å². The molecule has 0 unspecified atom stereocenters. The first-order valence-electron chi connectivity index (χ1n) is 5.57. The average Bonchev–Trinajstić information content (AvgIpc) is 3.05. The van der Waals surface area contributed by atoms with Crippen molar-refractivity contribution in [2.75, 3.05) is 0 Å². The number of aromatic nitrogens is 3. The van der Waals surface area contributed by atoms with E-state index in [0.29, 0.717) is 15.7 Å². The van der Waals surface area contributed by atoms with Crippen molar-refractivity contribution in [2.24, 2.45) is 0 Å². The molecule has 4 nitrogen and oxygen atoms in total. The van der Waals surface area contributed by atoms with Gasteiger partial charge < -0.3 is 0 Å². The first kappa shape index (κ1) is 14.0. The van der Waals surface area contributed by atoms with Gasteiger partial charge in [-0.15, -0.1) is 11.3 Å². The second-order valence-corrected chi connectivity index (χ2v) is 5.38. The first-order chi connectivity index (χ1) is 9.91. The van der Waals surface area contributed by atoms with Crippen LogP contribution in [0.1, 0.15) is 16.2 Å². The van der Waals surface area contributed by atoms with Gasteiger partial charge in [0, 0.05) is 0 Å². The molecule has 9 heteroatoms. The Morgan fingerprint density at radius 2 is 2.14 bits per heavy atom. The summed E-state index contributed by atoms with van der Waals surface area (Å²) in [6.45, 7) is 0. The van der Waals surface area contributed by atoms with Crippen LogP contribution in [0.2, 0.25) is 5.02 Å². The molecular weight excluding hydrogens is 327 g/mol. The van der Waals surface area contributed by atoms with Crippen molar-refractivity contribution in [2.45, 2.75) is 6.18 Å². The molecule has 0 aromatic carbocycles. The average molecular weight is 332 g/mol. The number of alkyl halides is 3. The van der Waals surface area contributed by atoms with Crippen LogP contribution in [0.5, 0.6) is 0 Å². The predicted molar refractivity (Wildman–Crippen MR) is 71.7 cm³/mol. The number of carbonyl (C=O) groups is 1. The van der Waals surface area contributed by atoms with Crippen molar-refractivity contribution in [3.05, 3.63) is 40.0 Å². The van der Waals surface area contributed by atoms with E-state index < -0.39 is 11.9 Å². The van der Waals surface area contributed by atoms with Crippen LogP contribution in [0.4, 0.5) is 13.2 Å². The molecule has 0 saturated carbocycles. The molecule has 0 atom stereocenters. The van der Waals surface area contributed by atoms with Gasteiger partial charge in [-0.25, -0.2) is 9.50 Å². The van der Waals surface area contributed by atoms with Gasteiger partial charge in [0.05, 0.1) is 10.6 Å². The zero-order valence-corrected chi connectivity index (χ0v) is 11.6. The van der Waals surface area contributed by atoms with Crippen molar-refractivity contribution in [3.63, 3.8) is 0 Å². The highest BCUT2D eigenvalue weighted by molar-refractivity contribution is 7.13. The SMILES string of the molecule is O=Cc1nn2c(C(F)(F)F)cc(-c3cccs3)nc2c1Cl. The van der Waals surface area contributed by atoms with Gasteiger partial charge >= 0.3 is 6.18 Å². The summed E-state index contributed by atoms with van der Waals surface area (Å²) in [4.78, 5) is 15.4. The molecule has 0 aliphatic heterocycles. The number of nitrogens with zero attached hydrogens (tertiary/aromatic N) is 3. The summed E-state index contributed by atoms with van der Waals surface area (Å²) in [6.07, 6.45) is -4.36. The number of halogens is 4. The molecule has 0 aliphatic carbocycles. The zero-order valence-electron chi connectivity index (χ0n) is 10.1. The largest absolute Gasteiger partial charge is 0.433 e. The highest BCUT2D eigenvalue weighted by Gasteiger charge is 2.36. The highest BCUT2D eigenvalue weighted by atomic mass is 35.5. The summed E-state index contributed by atoms with van der Waals surface area (Å²) in [7, 11) is 0. The number of aldehydes is 1. The fraction of sp³-hybridized carbons (Fsp3) is 0.0833. The lowest BCUT2D eigenvalue weighted by Gasteiger charge is -2.10. The van der Waals surface area contributed by atoms with E-state index in [1.165, 1.54) is 11.3 Å². The lowest BCUT2D eigenvalue weighted by molar-refractivity contribution is -0.142. The summed E-state index contributed by atoms with van der Waals surface area (Å²) < 4.78 is 40.0. The topological polar surface area (TPSA) is 47.3 Å². The van der Waals surface area contributed by atoms with Crippen LogP contribution in [-0.2, 0) is 6.18 Å². The van der Waals surface area contributed by atoms with E-state index in [4.69, 9.17) is 11.6 Å². The molecule has 0 spiro atoms. The Morgan fingerprint density at radius 1 is 1.38 bits per heavy atom. The van der Waals surface area contributed by atoms with Gasteiger partial charge in [-0.05, 0) is 17.5 Å². The molecule has 0 amide bonds. The van der Waals surface area contributed by atoms with Crippen LogP contribution in [0.3, 0.4) is 0 Å². The zero-order chi connectivity index (χ0) is 15.2. The molecule has 3 aromatic heterocycles. The van der Waals surface area contributed by atoms with Gasteiger partial charge in [-0.1, -0.05) is 17.7 Å². The number of hydrogen-bond acceptors (Lipinski definition) is 4. The van der Waals surface area contributed by atoms with E-state index in [1.54, 1.807) is 17.5 Å². The van der Waals surface area contributed by atoms with Crippen molar-refractivity contribution in [3.8, 4) is 10.6 Å². The molecule has 0 N–H and O–H groups in total. The van der Waals surface area contributed by atoms with Crippen LogP contribution in [-0.4, -0.2) is 20.9 Å². The Kier molecular flexibility index (Phi) is 3.22. The Balaban J connectivity index is 2.39. The fourth-order valence-corrected chi connectivity index (χ4v) is 2.73. The monoisotopic (exact) mass is 331 g/mol. The van der Waals surface area contributed by atoms with Gasteiger partial charge in [0.15, 0.2) is 17.6 Å². The fourth-order valence-electron chi connectivity index (χ4n) is 1.84. The minimum atomic E-state index is -4.65. The first-order valence-corrected chi connectivity index (χ1v) is 6.83. The quantitative estimate of drug-likeness (QED) is 0.668. The molecule has 21 heavy (non-hydrogen) atoms. The lowest BCUT2D eigenvalue weighted by atomic mass is 10.2. The molecule has 0 aliphatic rings. The molecule has 0 fully saturated rings. The molecule has 0 bridgehead atoms. The van der Waals surface area contributed by atoms with Crippen molar-refractivity contribution in [1.29, 1.82) is 0 Å². The van der Waals surface area contributed by atoms with Crippen molar-refractivity contribution < 1.29 is 18.0 Å². The number of rotatable bonds is 2. The van der Waals surface area contributed by atoms with E-state index >= 15 is 0 Å². The lowest BCUT2D eigenvalue weighted by Crippen LogP contribution is -2.13. The molecule has 3 rings (SSSR count). The number of thiophene rings is 1. The Morgan fingerprint density at radius 3 is 2.71 bits per heavy atom. The van der Waals surface area contributed by atoms with Crippen LogP contribution in [0.25, 0.3) is 16.2 Å². The van der Waals surface area contributed by atoms with E-state index in [-0.39, 0.29) is 22.1 Å². The number of hydrogen-bond donors (Lipinski definition) is 0. The van der Waals surface area contributed by atoms with Gasteiger partial charge in [0.1, 0.15) is 10.7 Å². The second kappa shape index (κ2) is 4.81. The smallest absolute Gasteiger partial charge is 0.296 e. The molecule has 0 radical (unpaired) electrons. The molecule has 3 aromatic rings. The minimum Gasteiger partial charge on any atom is -0.296 e. The third-order valence-electron chi connectivity index (χ3n) is 2.73. The van der Waals surface area contributed by atoms with Crippen LogP contribution >= 0.6 is 22.9 Å². The third-order valence-corrected chi connectivity index (χ3v) is 3.99. The highest BCUT2D eigenvalue weighted by Crippen LogP contribution is 2.35.